The zero-order valence-corrected chi connectivity index (χ0v) is 11.5. The molecule has 0 saturated carbocycles. The molecule has 2 aromatic rings. The molecule has 1 N–H and O–H groups in total. The van der Waals surface area contributed by atoms with Gasteiger partial charge in [0.1, 0.15) is 12.0 Å². The van der Waals surface area contributed by atoms with E-state index in [0.717, 1.165) is 23.6 Å². The van der Waals surface area contributed by atoms with Gasteiger partial charge in [0.2, 0.25) is 0 Å². The second-order valence-corrected chi connectivity index (χ2v) is 5.20. The molecule has 1 aromatic carbocycles. The molecule has 19 heavy (non-hydrogen) atoms. The van der Waals surface area contributed by atoms with Crippen molar-refractivity contribution in [3.63, 3.8) is 0 Å². The fraction of sp³-hybridized carbons (Fsp3) is 0. The Morgan fingerprint density at radius 1 is 1.53 bits per heavy atom. The number of amides is 1. The Morgan fingerprint density at radius 2 is 2.26 bits per heavy atom. The van der Waals surface area contributed by atoms with Crippen molar-refractivity contribution < 1.29 is 14.1 Å². The van der Waals surface area contributed by atoms with Gasteiger partial charge in [0.05, 0.1) is 10.5 Å². The highest BCUT2D eigenvalue weighted by Crippen LogP contribution is 2.26. The molecule has 0 unspecified atom stereocenters. The van der Waals surface area contributed by atoms with Crippen LogP contribution in [0.1, 0.15) is 10.4 Å². The van der Waals surface area contributed by atoms with Gasteiger partial charge in [-0.15, -0.1) is 0 Å². The van der Waals surface area contributed by atoms with Gasteiger partial charge in [-0.05, 0) is 45.5 Å². The molecule has 0 saturated heterocycles. The lowest BCUT2D eigenvalue weighted by molar-refractivity contribution is -0.380. The maximum atomic E-state index is 13.1. The smallest absolute Gasteiger partial charge is 0.298 e. The monoisotopic (exact) mass is 345 g/mol. The number of nitro groups is 1. The van der Waals surface area contributed by atoms with E-state index in [1.165, 1.54) is 12.1 Å². The lowest BCUT2D eigenvalue weighted by atomic mass is 10.2. The minimum absolute atomic E-state index is 0.0767. The number of hydrogen-bond donors (Lipinski definition) is 1. The second kappa shape index (κ2) is 5.41. The van der Waals surface area contributed by atoms with E-state index < -0.39 is 16.6 Å². The van der Waals surface area contributed by atoms with Crippen LogP contribution in [0.15, 0.2) is 28.9 Å². The highest BCUT2D eigenvalue weighted by atomic mass is 79.9. The summed E-state index contributed by atoms with van der Waals surface area (Å²) < 4.78 is 13.5. The molecule has 1 heterocycles. The molecule has 0 fully saturated rings. The summed E-state index contributed by atoms with van der Waals surface area (Å²) >= 11 is 3.84. The Labute approximate surface area is 118 Å². The van der Waals surface area contributed by atoms with Crippen molar-refractivity contribution in [3.05, 3.63) is 50.4 Å². The number of aromatic nitrogens is 1. The van der Waals surface area contributed by atoms with Gasteiger partial charge < -0.3 is 0 Å². The second-order valence-electron chi connectivity index (χ2n) is 3.34. The standard InChI is InChI=1S/C10H5BrFN3O3S/c11-7-2-1-5(12)3-6(7)9(16)14-10-13-4-8(19-10)15(17)18/h1-4H,(H,13,14,16). The summed E-state index contributed by atoms with van der Waals surface area (Å²) in [7, 11) is 0. The number of carbonyl (C=O) groups is 1. The Kier molecular flexibility index (Phi) is 3.86. The quantitative estimate of drug-likeness (QED) is 0.683. The van der Waals surface area contributed by atoms with Crippen molar-refractivity contribution >= 4 is 43.3 Å². The average molecular weight is 346 g/mol. The van der Waals surface area contributed by atoms with Crippen molar-refractivity contribution in [1.29, 1.82) is 0 Å². The molecule has 9 heteroatoms. The van der Waals surface area contributed by atoms with Crippen LogP contribution in [0.3, 0.4) is 0 Å². The zero-order valence-electron chi connectivity index (χ0n) is 9.09. The van der Waals surface area contributed by atoms with Crippen LogP contribution in [-0.4, -0.2) is 15.8 Å². The molecule has 6 nitrogen and oxygen atoms in total. The van der Waals surface area contributed by atoms with Crippen molar-refractivity contribution in [1.82, 2.24) is 4.98 Å². The van der Waals surface area contributed by atoms with Crippen LogP contribution in [0.5, 0.6) is 0 Å². The number of halogens is 2. The Balaban J connectivity index is 2.20. The molecular weight excluding hydrogens is 341 g/mol. The van der Waals surface area contributed by atoms with Gasteiger partial charge >= 0.3 is 5.00 Å². The maximum Gasteiger partial charge on any atom is 0.345 e. The van der Waals surface area contributed by atoms with E-state index in [9.17, 15) is 19.3 Å². The number of rotatable bonds is 3. The molecule has 0 aliphatic heterocycles. The number of benzene rings is 1. The van der Waals surface area contributed by atoms with E-state index in [2.05, 4.69) is 26.2 Å². The summed E-state index contributed by atoms with van der Waals surface area (Å²) in [5.41, 5.74) is 0.0813. The molecule has 0 aliphatic rings. The third-order valence-electron chi connectivity index (χ3n) is 2.07. The average Bonchev–Trinajstić information content (AvgIpc) is 2.80. The molecule has 1 amide bonds. The first-order chi connectivity index (χ1) is 8.97. The Bertz CT molecular complexity index is 661. The molecule has 2 rings (SSSR count). The fourth-order valence-electron chi connectivity index (χ4n) is 1.24. The molecule has 0 radical (unpaired) electrons. The van der Waals surface area contributed by atoms with Crippen LogP contribution in [0, 0.1) is 15.9 Å². The third-order valence-corrected chi connectivity index (χ3v) is 3.62. The third kappa shape index (κ3) is 3.12. The Hall–Kier alpha value is -1.87. The first-order valence-electron chi connectivity index (χ1n) is 4.84. The molecule has 0 atom stereocenters. The maximum absolute atomic E-state index is 13.1. The summed E-state index contributed by atoms with van der Waals surface area (Å²) in [6.07, 6.45) is 1.04. The highest BCUT2D eigenvalue weighted by Gasteiger charge is 2.16. The molecule has 0 bridgehead atoms. The van der Waals surface area contributed by atoms with Crippen LogP contribution in [0.4, 0.5) is 14.5 Å². The van der Waals surface area contributed by atoms with Crippen LogP contribution >= 0.6 is 27.3 Å². The summed E-state index contributed by atoms with van der Waals surface area (Å²) in [5.74, 6) is -1.16. The van der Waals surface area contributed by atoms with Gasteiger partial charge in [-0.25, -0.2) is 9.37 Å². The van der Waals surface area contributed by atoms with Gasteiger partial charge in [0, 0.05) is 4.47 Å². The zero-order chi connectivity index (χ0) is 14.0. The number of anilines is 1. The minimum Gasteiger partial charge on any atom is -0.298 e. The molecule has 0 aliphatic carbocycles. The molecular formula is C10H5BrFN3O3S. The summed E-state index contributed by atoms with van der Waals surface area (Å²) in [5, 5.41) is 12.7. The van der Waals surface area contributed by atoms with Crippen LogP contribution in [-0.2, 0) is 0 Å². The predicted octanol–water partition coefficient (Wildman–Crippen LogP) is 3.21. The van der Waals surface area contributed by atoms with Crippen LogP contribution in [0.2, 0.25) is 0 Å². The highest BCUT2D eigenvalue weighted by molar-refractivity contribution is 9.10. The number of carbonyl (C=O) groups excluding carboxylic acids is 1. The van der Waals surface area contributed by atoms with E-state index >= 15 is 0 Å². The summed E-state index contributed by atoms with van der Waals surface area (Å²) in [4.78, 5) is 25.4. The molecule has 1 aromatic heterocycles. The van der Waals surface area contributed by atoms with E-state index in [0.29, 0.717) is 4.47 Å². The lowest BCUT2D eigenvalue weighted by Crippen LogP contribution is -2.12. The largest absolute Gasteiger partial charge is 0.345 e. The number of hydrogen-bond acceptors (Lipinski definition) is 5. The van der Waals surface area contributed by atoms with Gasteiger partial charge in [-0.2, -0.15) is 0 Å². The van der Waals surface area contributed by atoms with Gasteiger partial charge in [-0.3, -0.25) is 20.2 Å². The van der Waals surface area contributed by atoms with E-state index in [1.807, 2.05) is 0 Å². The van der Waals surface area contributed by atoms with Gasteiger partial charge in [0.25, 0.3) is 5.91 Å². The van der Waals surface area contributed by atoms with E-state index in [1.54, 1.807) is 0 Å². The SMILES string of the molecule is O=C(Nc1ncc([N+](=O)[O-])s1)c1cc(F)ccc1Br. The number of nitrogens with one attached hydrogen (secondary N) is 1. The lowest BCUT2D eigenvalue weighted by Gasteiger charge is -2.03. The minimum atomic E-state index is -0.606. The first-order valence-corrected chi connectivity index (χ1v) is 6.45. The van der Waals surface area contributed by atoms with Crippen LogP contribution in [0.25, 0.3) is 0 Å². The van der Waals surface area contributed by atoms with Crippen molar-refractivity contribution in [2.24, 2.45) is 0 Å². The van der Waals surface area contributed by atoms with Crippen molar-refractivity contribution in [2.75, 3.05) is 5.32 Å². The fourth-order valence-corrected chi connectivity index (χ4v) is 2.30. The Morgan fingerprint density at radius 3 is 2.89 bits per heavy atom. The topological polar surface area (TPSA) is 85.1 Å². The van der Waals surface area contributed by atoms with Crippen molar-refractivity contribution in [3.8, 4) is 0 Å². The summed E-state index contributed by atoms with van der Waals surface area (Å²) in [6, 6.07) is 3.66. The van der Waals surface area contributed by atoms with Crippen LogP contribution < -0.4 is 5.32 Å². The normalized spacial score (nSPS) is 10.2. The van der Waals surface area contributed by atoms with Crippen molar-refractivity contribution in [2.45, 2.75) is 0 Å². The molecule has 98 valence electrons. The van der Waals surface area contributed by atoms with E-state index in [-0.39, 0.29) is 15.7 Å². The first kappa shape index (κ1) is 13.6. The number of nitrogens with zero attached hydrogens (tertiary/aromatic N) is 2. The van der Waals surface area contributed by atoms with Gasteiger partial charge in [-0.1, -0.05) is 0 Å². The summed E-state index contributed by atoms with van der Waals surface area (Å²) in [6.45, 7) is 0. The van der Waals surface area contributed by atoms with Gasteiger partial charge in [0.15, 0.2) is 5.13 Å². The number of thiazole rings is 1. The van der Waals surface area contributed by atoms with E-state index in [4.69, 9.17) is 0 Å². The predicted molar refractivity (Wildman–Crippen MR) is 70.8 cm³/mol. The molecule has 0 spiro atoms.